The molecule has 1 N–H and O–H groups in total. The van der Waals surface area contributed by atoms with Gasteiger partial charge in [0, 0.05) is 12.5 Å². The van der Waals surface area contributed by atoms with E-state index in [0.717, 1.165) is 19.4 Å². The minimum absolute atomic E-state index is 0.185. The molecule has 1 fully saturated rings. The van der Waals surface area contributed by atoms with Crippen LogP contribution in [0.15, 0.2) is 4.52 Å². The van der Waals surface area contributed by atoms with Crippen molar-refractivity contribution in [1.82, 2.24) is 15.5 Å². The van der Waals surface area contributed by atoms with Gasteiger partial charge >= 0.3 is 0 Å². The van der Waals surface area contributed by atoms with E-state index >= 15 is 0 Å². The lowest BCUT2D eigenvalue weighted by Gasteiger charge is -2.29. The van der Waals surface area contributed by atoms with Crippen molar-refractivity contribution in [3.05, 3.63) is 11.7 Å². The molecule has 0 aliphatic heterocycles. The third-order valence-corrected chi connectivity index (χ3v) is 3.75. The van der Waals surface area contributed by atoms with Gasteiger partial charge in [-0.05, 0) is 19.4 Å². The average Bonchev–Trinajstić information content (AvgIpc) is 2.93. The predicted molar refractivity (Wildman–Crippen MR) is 73.5 cm³/mol. The van der Waals surface area contributed by atoms with Crippen molar-refractivity contribution in [1.29, 1.82) is 0 Å². The van der Waals surface area contributed by atoms with E-state index in [2.05, 4.69) is 22.4 Å². The molecule has 1 aliphatic rings. The Morgan fingerprint density at radius 2 is 2.19 bits per heavy atom. The molecule has 2 atom stereocenters. The molecule has 21 heavy (non-hydrogen) atoms. The van der Waals surface area contributed by atoms with Crippen molar-refractivity contribution in [3.63, 3.8) is 0 Å². The van der Waals surface area contributed by atoms with Gasteiger partial charge in [-0.25, -0.2) is 8.78 Å². The van der Waals surface area contributed by atoms with Crippen LogP contribution in [0.1, 0.15) is 50.2 Å². The smallest absolute Gasteiger partial charge is 0.261 e. The summed E-state index contributed by atoms with van der Waals surface area (Å²) in [7, 11) is 0. The average molecular weight is 303 g/mol. The van der Waals surface area contributed by atoms with Crippen LogP contribution in [-0.2, 0) is 11.2 Å². The maximum absolute atomic E-state index is 11.9. The lowest BCUT2D eigenvalue weighted by atomic mass is 9.84. The van der Waals surface area contributed by atoms with Crippen molar-refractivity contribution in [2.45, 2.75) is 57.4 Å². The zero-order valence-corrected chi connectivity index (χ0v) is 12.4. The third kappa shape index (κ3) is 5.00. The van der Waals surface area contributed by atoms with Crippen LogP contribution >= 0.6 is 0 Å². The van der Waals surface area contributed by atoms with Crippen LogP contribution in [0.3, 0.4) is 0 Å². The molecule has 2 unspecified atom stereocenters. The number of halogens is 2. The van der Waals surface area contributed by atoms with E-state index in [1.54, 1.807) is 0 Å². The standard InChI is InChI=1S/C14H23F2N3O2/c1-2-17-11-6-4-3-5-10(11)14-18-13(19-21-14)7-8-20-9-12(15)16/h10-12,17H,2-9H2,1H3. The van der Waals surface area contributed by atoms with Crippen molar-refractivity contribution in [3.8, 4) is 0 Å². The third-order valence-electron chi connectivity index (χ3n) is 3.75. The van der Waals surface area contributed by atoms with E-state index in [0.29, 0.717) is 24.2 Å². The lowest BCUT2D eigenvalue weighted by molar-refractivity contribution is 0.0182. The Morgan fingerprint density at radius 1 is 1.38 bits per heavy atom. The fourth-order valence-electron chi connectivity index (χ4n) is 2.79. The highest BCUT2D eigenvalue weighted by Gasteiger charge is 2.30. The van der Waals surface area contributed by atoms with Gasteiger partial charge < -0.3 is 14.6 Å². The molecule has 0 bridgehead atoms. The Morgan fingerprint density at radius 3 is 2.95 bits per heavy atom. The predicted octanol–water partition coefficient (Wildman–Crippen LogP) is 2.53. The molecule has 5 nitrogen and oxygen atoms in total. The molecule has 0 amide bonds. The summed E-state index contributed by atoms with van der Waals surface area (Å²) >= 11 is 0. The Hall–Kier alpha value is -1.08. The summed E-state index contributed by atoms with van der Waals surface area (Å²) in [6.45, 7) is 2.65. The molecular weight excluding hydrogens is 280 g/mol. The highest BCUT2D eigenvalue weighted by atomic mass is 19.3. The second-order valence-corrected chi connectivity index (χ2v) is 5.32. The topological polar surface area (TPSA) is 60.2 Å². The van der Waals surface area contributed by atoms with Gasteiger partial charge in [-0.2, -0.15) is 4.98 Å². The molecule has 1 aromatic heterocycles. The molecule has 7 heteroatoms. The zero-order chi connectivity index (χ0) is 15.1. The molecule has 2 rings (SSSR count). The molecule has 1 aliphatic carbocycles. The minimum atomic E-state index is -2.44. The van der Waals surface area contributed by atoms with Crippen molar-refractivity contribution in [2.75, 3.05) is 19.8 Å². The van der Waals surface area contributed by atoms with E-state index < -0.39 is 13.0 Å². The molecular formula is C14H23F2N3O2. The van der Waals surface area contributed by atoms with Crippen LogP contribution in [0.4, 0.5) is 8.78 Å². The van der Waals surface area contributed by atoms with Gasteiger partial charge in [-0.1, -0.05) is 24.9 Å². The number of ether oxygens (including phenoxy) is 1. The number of likely N-dealkylation sites (N-methyl/N-ethyl adjacent to an activating group) is 1. The molecule has 0 aromatic carbocycles. The van der Waals surface area contributed by atoms with Crippen molar-refractivity contribution in [2.24, 2.45) is 0 Å². The van der Waals surface area contributed by atoms with E-state index in [1.807, 2.05) is 0 Å². The molecule has 1 aromatic rings. The van der Waals surface area contributed by atoms with Gasteiger partial charge in [-0.15, -0.1) is 0 Å². The first-order valence-electron chi connectivity index (χ1n) is 7.62. The first kappa shape index (κ1) is 16.3. The number of nitrogens with zero attached hydrogens (tertiary/aromatic N) is 2. The second-order valence-electron chi connectivity index (χ2n) is 5.32. The number of rotatable bonds is 8. The minimum Gasteiger partial charge on any atom is -0.375 e. The van der Waals surface area contributed by atoms with Gasteiger partial charge in [-0.3, -0.25) is 0 Å². The fourth-order valence-corrected chi connectivity index (χ4v) is 2.79. The largest absolute Gasteiger partial charge is 0.375 e. The van der Waals surface area contributed by atoms with Crippen LogP contribution in [0.5, 0.6) is 0 Å². The van der Waals surface area contributed by atoms with Gasteiger partial charge in [0.15, 0.2) is 5.82 Å². The van der Waals surface area contributed by atoms with E-state index in [4.69, 9.17) is 9.26 Å². The summed E-state index contributed by atoms with van der Waals surface area (Å²) < 4.78 is 34.1. The SMILES string of the molecule is CCNC1CCCCC1c1nc(CCOCC(F)F)no1. The molecule has 0 radical (unpaired) electrons. The van der Waals surface area contributed by atoms with E-state index in [9.17, 15) is 8.78 Å². The fraction of sp³-hybridized carbons (Fsp3) is 0.857. The molecule has 1 heterocycles. The van der Waals surface area contributed by atoms with Gasteiger partial charge in [0.2, 0.25) is 5.89 Å². The normalized spacial score (nSPS) is 22.9. The van der Waals surface area contributed by atoms with Crippen molar-refractivity contribution < 1.29 is 18.0 Å². The van der Waals surface area contributed by atoms with Gasteiger partial charge in [0.05, 0.1) is 12.5 Å². The van der Waals surface area contributed by atoms with Crippen LogP contribution in [0.2, 0.25) is 0 Å². The zero-order valence-electron chi connectivity index (χ0n) is 12.4. The summed E-state index contributed by atoms with van der Waals surface area (Å²) in [4.78, 5) is 4.40. The Bertz CT molecular complexity index is 413. The quantitative estimate of drug-likeness (QED) is 0.748. The number of alkyl halides is 2. The number of nitrogens with one attached hydrogen (secondary N) is 1. The van der Waals surface area contributed by atoms with Crippen molar-refractivity contribution >= 4 is 0 Å². The lowest BCUT2D eigenvalue weighted by Crippen LogP contribution is -2.37. The van der Waals surface area contributed by atoms with Gasteiger partial charge in [0.25, 0.3) is 6.43 Å². The second kappa shape index (κ2) is 8.38. The van der Waals surface area contributed by atoms with Crippen LogP contribution in [0, 0.1) is 0 Å². The Labute approximate surface area is 123 Å². The Balaban J connectivity index is 1.85. The first-order chi connectivity index (χ1) is 10.2. The number of aromatic nitrogens is 2. The molecule has 120 valence electrons. The van der Waals surface area contributed by atoms with Crippen LogP contribution in [-0.4, -0.2) is 42.4 Å². The maximum atomic E-state index is 11.9. The summed E-state index contributed by atoms with van der Waals surface area (Å²) in [5.74, 6) is 1.44. The van der Waals surface area contributed by atoms with E-state index in [-0.39, 0.29) is 12.5 Å². The van der Waals surface area contributed by atoms with Crippen LogP contribution in [0.25, 0.3) is 0 Å². The number of hydrogen-bond donors (Lipinski definition) is 1. The Kier molecular flexibility index (Phi) is 6.50. The summed E-state index contributed by atoms with van der Waals surface area (Å²) in [5, 5.41) is 7.39. The molecule has 1 saturated carbocycles. The monoisotopic (exact) mass is 303 g/mol. The van der Waals surface area contributed by atoms with Gasteiger partial charge in [0.1, 0.15) is 6.61 Å². The summed E-state index contributed by atoms with van der Waals surface area (Å²) in [5.41, 5.74) is 0. The van der Waals surface area contributed by atoms with Crippen LogP contribution < -0.4 is 5.32 Å². The highest BCUT2D eigenvalue weighted by Crippen LogP contribution is 2.32. The number of hydrogen-bond acceptors (Lipinski definition) is 5. The summed E-state index contributed by atoms with van der Waals surface area (Å²) in [6.07, 6.45) is 2.51. The summed E-state index contributed by atoms with van der Waals surface area (Å²) in [6, 6.07) is 0.382. The first-order valence-corrected chi connectivity index (χ1v) is 7.62. The highest BCUT2D eigenvalue weighted by molar-refractivity contribution is 5.01. The molecule has 0 saturated heterocycles. The van der Waals surface area contributed by atoms with E-state index in [1.165, 1.54) is 12.8 Å². The molecule has 0 spiro atoms. The maximum Gasteiger partial charge on any atom is 0.261 e.